The highest BCUT2D eigenvalue weighted by molar-refractivity contribution is 6.58. The van der Waals surface area contributed by atoms with Crippen LogP contribution in [0.3, 0.4) is 0 Å². The fraction of sp³-hybridized carbons (Fsp3) is 0.0526. The van der Waals surface area contributed by atoms with Gasteiger partial charge in [-0.15, -0.1) is 0 Å². The summed E-state index contributed by atoms with van der Waals surface area (Å²) in [6, 6.07) is 24.1. The summed E-state index contributed by atoms with van der Waals surface area (Å²) >= 11 is 0. The van der Waals surface area contributed by atoms with E-state index in [4.69, 9.17) is 0 Å². The van der Waals surface area contributed by atoms with Gasteiger partial charge in [0, 0.05) is 0 Å². The van der Waals surface area contributed by atoms with Gasteiger partial charge in [-0.05, 0) is 46.3 Å². The summed E-state index contributed by atoms with van der Waals surface area (Å²) in [7, 11) is -1.42. The summed E-state index contributed by atoms with van der Waals surface area (Å²) in [4.78, 5) is 0. The highest BCUT2D eigenvalue weighted by atomic mass is 16.4. The molecule has 0 heterocycles. The second-order valence-electron chi connectivity index (χ2n) is 5.45. The molecule has 108 valence electrons. The van der Waals surface area contributed by atoms with Gasteiger partial charge in [-0.1, -0.05) is 66.7 Å². The minimum absolute atomic E-state index is 0.500. The topological polar surface area (TPSA) is 40.5 Å². The van der Waals surface area contributed by atoms with Crippen LogP contribution in [-0.4, -0.2) is 17.2 Å². The lowest BCUT2D eigenvalue weighted by Gasteiger charge is -2.09. The molecular weight excluding hydrogens is 271 g/mol. The maximum Gasteiger partial charge on any atom is 0.488 e. The van der Waals surface area contributed by atoms with Gasteiger partial charge in [-0.2, -0.15) is 0 Å². The van der Waals surface area contributed by atoms with Gasteiger partial charge in [-0.3, -0.25) is 0 Å². The van der Waals surface area contributed by atoms with Crippen LogP contribution in [0.5, 0.6) is 0 Å². The third-order valence-corrected chi connectivity index (χ3v) is 3.73. The number of hydrogen-bond acceptors (Lipinski definition) is 2. The van der Waals surface area contributed by atoms with Crippen LogP contribution in [-0.2, 0) is 0 Å². The average Bonchev–Trinajstić information content (AvgIpc) is 2.55. The molecule has 3 aromatic carbocycles. The van der Waals surface area contributed by atoms with E-state index in [1.54, 1.807) is 12.1 Å². The zero-order valence-corrected chi connectivity index (χ0v) is 12.4. The minimum Gasteiger partial charge on any atom is -0.423 e. The molecule has 0 aliphatic heterocycles. The summed E-state index contributed by atoms with van der Waals surface area (Å²) in [6.07, 6.45) is 0. The van der Waals surface area contributed by atoms with E-state index in [0.717, 1.165) is 11.1 Å². The van der Waals surface area contributed by atoms with Crippen molar-refractivity contribution in [3.05, 3.63) is 78.4 Å². The van der Waals surface area contributed by atoms with Gasteiger partial charge < -0.3 is 10.0 Å². The van der Waals surface area contributed by atoms with Crippen LogP contribution in [0.25, 0.3) is 22.3 Å². The van der Waals surface area contributed by atoms with Crippen LogP contribution in [0.1, 0.15) is 5.56 Å². The predicted octanol–water partition coefficient (Wildman–Crippen LogP) is 3.01. The molecule has 22 heavy (non-hydrogen) atoms. The molecule has 0 amide bonds. The SMILES string of the molecule is Cc1cc(-c2ccccc2)cc(-c2ccc(B(O)O)cc2)c1. The molecule has 0 atom stereocenters. The van der Waals surface area contributed by atoms with Crippen molar-refractivity contribution in [3.63, 3.8) is 0 Å². The second-order valence-corrected chi connectivity index (χ2v) is 5.45. The lowest BCUT2D eigenvalue weighted by atomic mass is 9.80. The zero-order valence-electron chi connectivity index (χ0n) is 12.4. The smallest absolute Gasteiger partial charge is 0.423 e. The zero-order chi connectivity index (χ0) is 15.5. The Morgan fingerprint density at radius 3 is 1.73 bits per heavy atom. The third kappa shape index (κ3) is 3.11. The van der Waals surface area contributed by atoms with E-state index in [1.165, 1.54) is 16.7 Å². The van der Waals surface area contributed by atoms with Crippen LogP contribution < -0.4 is 5.46 Å². The molecule has 3 aromatic rings. The molecule has 3 rings (SSSR count). The molecule has 0 fully saturated rings. The molecule has 0 saturated heterocycles. The van der Waals surface area contributed by atoms with E-state index in [2.05, 4.69) is 37.3 Å². The van der Waals surface area contributed by atoms with Gasteiger partial charge in [0.1, 0.15) is 0 Å². The first-order valence-electron chi connectivity index (χ1n) is 7.27. The van der Waals surface area contributed by atoms with E-state index in [0.29, 0.717) is 5.46 Å². The first kappa shape index (κ1) is 14.6. The molecule has 2 nitrogen and oxygen atoms in total. The van der Waals surface area contributed by atoms with E-state index >= 15 is 0 Å². The fourth-order valence-corrected chi connectivity index (χ4v) is 2.59. The van der Waals surface area contributed by atoms with Gasteiger partial charge in [0.05, 0.1) is 0 Å². The Labute approximate surface area is 130 Å². The average molecular weight is 288 g/mol. The van der Waals surface area contributed by atoms with Crippen LogP contribution in [0.15, 0.2) is 72.8 Å². The molecule has 0 saturated carbocycles. The predicted molar refractivity (Wildman–Crippen MR) is 91.9 cm³/mol. The molecule has 0 radical (unpaired) electrons. The van der Waals surface area contributed by atoms with Crippen molar-refractivity contribution >= 4 is 12.6 Å². The summed E-state index contributed by atoms with van der Waals surface area (Å²) < 4.78 is 0. The molecular formula is C19H17BO2. The van der Waals surface area contributed by atoms with E-state index in [1.807, 2.05) is 30.3 Å². The molecule has 0 aliphatic carbocycles. The van der Waals surface area contributed by atoms with Crippen molar-refractivity contribution in [2.45, 2.75) is 6.92 Å². The lowest BCUT2D eigenvalue weighted by molar-refractivity contribution is 0.426. The van der Waals surface area contributed by atoms with Crippen LogP contribution >= 0.6 is 0 Å². The van der Waals surface area contributed by atoms with Crippen molar-refractivity contribution in [1.82, 2.24) is 0 Å². The normalized spacial score (nSPS) is 10.5. The molecule has 0 bridgehead atoms. The summed E-state index contributed by atoms with van der Waals surface area (Å²) in [5.41, 5.74) is 6.25. The lowest BCUT2D eigenvalue weighted by Crippen LogP contribution is -2.29. The Kier molecular flexibility index (Phi) is 4.10. The van der Waals surface area contributed by atoms with Crippen molar-refractivity contribution in [1.29, 1.82) is 0 Å². The third-order valence-electron chi connectivity index (χ3n) is 3.73. The van der Waals surface area contributed by atoms with Crippen molar-refractivity contribution in [3.8, 4) is 22.3 Å². The maximum absolute atomic E-state index is 9.18. The quantitative estimate of drug-likeness (QED) is 0.727. The second kappa shape index (κ2) is 6.18. The van der Waals surface area contributed by atoms with Gasteiger partial charge in [0.25, 0.3) is 0 Å². The van der Waals surface area contributed by atoms with E-state index in [-0.39, 0.29) is 0 Å². The number of aryl methyl sites for hydroxylation is 1. The van der Waals surface area contributed by atoms with E-state index in [9.17, 15) is 10.0 Å². The standard InChI is InChI=1S/C19H17BO2/c1-14-11-17(15-5-3-2-4-6-15)13-18(12-14)16-7-9-19(10-8-16)20(21)22/h2-13,21-22H,1H3. The van der Waals surface area contributed by atoms with Crippen LogP contribution in [0.4, 0.5) is 0 Å². The monoisotopic (exact) mass is 288 g/mol. The Morgan fingerprint density at radius 2 is 1.18 bits per heavy atom. The molecule has 0 spiro atoms. The number of benzene rings is 3. The highest BCUT2D eigenvalue weighted by Crippen LogP contribution is 2.27. The van der Waals surface area contributed by atoms with Crippen LogP contribution in [0.2, 0.25) is 0 Å². The van der Waals surface area contributed by atoms with Crippen molar-refractivity contribution < 1.29 is 10.0 Å². The Hall–Kier alpha value is -2.36. The van der Waals surface area contributed by atoms with E-state index < -0.39 is 7.12 Å². The largest absolute Gasteiger partial charge is 0.488 e. The van der Waals surface area contributed by atoms with Crippen molar-refractivity contribution in [2.75, 3.05) is 0 Å². The van der Waals surface area contributed by atoms with Gasteiger partial charge in [-0.25, -0.2) is 0 Å². The minimum atomic E-state index is -1.42. The fourth-order valence-electron chi connectivity index (χ4n) is 2.59. The Morgan fingerprint density at radius 1 is 0.636 bits per heavy atom. The molecule has 0 unspecified atom stereocenters. The van der Waals surface area contributed by atoms with Gasteiger partial charge in [0.2, 0.25) is 0 Å². The Bertz CT molecular complexity index is 765. The molecule has 0 aliphatic rings. The first-order chi connectivity index (χ1) is 10.6. The molecule has 3 heteroatoms. The summed E-state index contributed by atoms with van der Waals surface area (Å²) in [6.45, 7) is 2.09. The summed E-state index contributed by atoms with van der Waals surface area (Å²) in [5, 5.41) is 18.4. The molecule has 2 N–H and O–H groups in total. The van der Waals surface area contributed by atoms with Crippen LogP contribution in [0, 0.1) is 6.92 Å². The van der Waals surface area contributed by atoms with Gasteiger partial charge in [0.15, 0.2) is 0 Å². The number of hydrogen-bond donors (Lipinski definition) is 2. The van der Waals surface area contributed by atoms with Crippen molar-refractivity contribution in [2.24, 2.45) is 0 Å². The first-order valence-corrected chi connectivity index (χ1v) is 7.27. The Balaban J connectivity index is 2.02. The summed E-state index contributed by atoms with van der Waals surface area (Å²) in [5.74, 6) is 0. The highest BCUT2D eigenvalue weighted by Gasteiger charge is 2.10. The number of rotatable bonds is 3. The maximum atomic E-state index is 9.18. The van der Waals surface area contributed by atoms with Gasteiger partial charge >= 0.3 is 7.12 Å². The molecule has 0 aromatic heterocycles.